The Hall–Kier alpha value is -3.74. The van der Waals surface area contributed by atoms with Crippen molar-refractivity contribution >= 4 is 11.6 Å². The summed E-state index contributed by atoms with van der Waals surface area (Å²) in [7, 11) is 0. The molecule has 0 spiro atoms. The third kappa shape index (κ3) is 3.36. The van der Waals surface area contributed by atoms with Crippen molar-refractivity contribution in [3.05, 3.63) is 90.8 Å². The zero-order valence-corrected chi connectivity index (χ0v) is 13.9. The maximum Gasteiger partial charge on any atom is 0.255 e. The first kappa shape index (κ1) is 15.8. The fourth-order valence-electron chi connectivity index (χ4n) is 2.66. The van der Waals surface area contributed by atoms with E-state index in [4.69, 9.17) is 0 Å². The second-order valence-electron chi connectivity index (χ2n) is 5.75. The smallest absolute Gasteiger partial charge is 0.255 e. The zero-order chi connectivity index (χ0) is 17.8. The minimum Gasteiger partial charge on any atom is -0.333 e. The molecule has 0 fully saturated rings. The summed E-state index contributed by atoms with van der Waals surface area (Å²) in [5.41, 5.74) is 3.12. The fourth-order valence-corrected chi connectivity index (χ4v) is 2.66. The predicted molar refractivity (Wildman–Crippen MR) is 97.1 cm³/mol. The third-order valence-corrected chi connectivity index (χ3v) is 3.96. The molecule has 7 heteroatoms. The zero-order valence-electron chi connectivity index (χ0n) is 13.9. The van der Waals surface area contributed by atoms with Crippen LogP contribution in [0.4, 0.5) is 5.69 Å². The van der Waals surface area contributed by atoms with E-state index in [0.717, 1.165) is 17.8 Å². The molecule has 0 bridgehead atoms. The van der Waals surface area contributed by atoms with Crippen molar-refractivity contribution in [2.45, 2.75) is 6.54 Å². The van der Waals surface area contributed by atoms with Crippen LogP contribution < -0.4 is 5.32 Å². The molecule has 2 heterocycles. The maximum atomic E-state index is 12.6. The third-order valence-electron chi connectivity index (χ3n) is 3.96. The van der Waals surface area contributed by atoms with E-state index in [1.54, 1.807) is 29.6 Å². The van der Waals surface area contributed by atoms with E-state index in [2.05, 4.69) is 20.6 Å². The summed E-state index contributed by atoms with van der Waals surface area (Å²) in [5.74, 6) is -0.174. The van der Waals surface area contributed by atoms with Crippen LogP contribution in [0.1, 0.15) is 15.9 Å². The van der Waals surface area contributed by atoms with Gasteiger partial charge >= 0.3 is 0 Å². The van der Waals surface area contributed by atoms with Gasteiger partial charge in [0, 0.05) is 24.5 Å². The average Bonchev–Trinajstić information content (AvgIpc) is 3.37. The number of benzene rings is 2. The van der Waals surface area contributed by atoms with Crippen molar-refractivity contribution in [1.82, 2.24) is 24.5 Å². The lowest BCUT2D eigenvalue weighted by Crippen LogP contribution is -2.14. The van der Waals surface area contributed by atoms with E-state index in [1.165, 1.54) is 0 Å². The molecule has 2 aromatic heterocycles. The van der Waals surface area contributed by atoms with Crippen molar-refractivity contribution in [3.8, 4) is 5.69 Å². The number of hydrogen-bond acceptors (Lipinski definition) is 4. The Morgan fingerprint density at radius 3 is 2.58 bits per heavy atom. The standard InChI is InChI=1S/C19H16N6O/c26-19(16-7-5-15(6-8-16)13-24-11-9-20-14-24)22-17-3-1-2-4-18(17)25-12-10-21-23-25/h1-12,14H,13H2,(H,22,26). The van der Waals surface area contributed by atoms with E-state index in [1.807, 2.05) is 59.3 Å². The second-order valence-corrected chi connectivity index (χ2v) is 5.75. The van der Waals surface area contributed by atoms with Gasteiger partial charge in [-0.25, -0.2) is 9.67 Å². The Morgan fingerprint density at radius 2 is 1.85 bits per heavy atom. The summed E-state index contributed by atoms with van der Waals surface area (Å²) in [4.78, 5) is 16.6. The van der Waals surface area contributed by atoms with Gasteiger partial charge in [0.25, 0.3) is 5.91 Å². The van der Waals surface area contributed by atoms with E-state index < -0.39 is 0 Å². The number of amides is 1. The first-order valence-corrected chi connectivity index (χ1v) is 8.11. The second kappa shape index (κ2) is 7.02. The molecule has 4 rings (SSSR count). The minimum atomic E-state index is -0.174. The molecule has 0 aliphatic heterocycles. The number of nitrogens with zero attached hydrogens (tertiary/aromatic N) is 5. The highest BCUT2D eigenvalue weighted by Gasteiger charge is 2.10. The summed E-state index contributed by atoms with van der Waals surface area (Å²) in [5, 5.41) is 10.7. The average molecular weight is 344 g/mol. The molecule has 1 N–H and O–H groups in total. The van der Waals surface area contributed by atoms with Crippen molar-refractivity contribution < 1.29 is 4.79 Å². The summed E-state index contributed by atoms with van der Waals surface area (Å²) < 4.78 is 3.59. The number of carbonyl (C=O) groups is 1. The molecule has 1 amide bonds. The summed E-state index contributed by atoms with van der Waals surface area (Å²) in [6.07, 6.45) is 8.74. The van der Waals surface area contributed by atoms with Gasteiger partial charge in [-0.1, -0.05) is 29.5 Å². The van der Waals surface area contributed by atoms with Gasteiger partial charge in [-0.2, -0.15) is 0 Å². The number of hydrogen-bond donors (Lipinski definition) is 1. The van der Waals surface area contributed by atoms with Crippen molar-refractivity contribution in [1.29, 1.82) is 0 Å². The highest BCUT2D eigenvalue weighted by Crippen LogP contribution is 2.19. The fraction of sp³-hybridized carbons (Fsp3) is 0.0526. The molecule has 0 aliphatic carbocycles. The maximum absolute atomic E-state index is 12.6. The van der Waals surface area contributed by atoms with Crippen molar-refractivity contribution in [2.75, 3.05) is 5.32 Å². The van der Waals surface area contributed by atoms with Crippen molar-refractivity contribution in [2.24, 2.45) is 0 Å². The number of nitrogens with one attached hydrogen (secondary N) is 1. The quantitative estimate of drug-likeness (QED) is 0.604. The predicted octanol–water partition coefficient (Wildman–Crippen LogP) is 2.76. The molecule has 128 valence electrons. The number of para-hydroxylation sites is 2. The lowest BCUT2D eigenvalue weighted by Gasteiger charge is -2.11. The largest absolute Gasteiger partial charge is 0.333 e. The van der Waals surface area contributed by atoms with E-state index in [-0.39, 0.29) is 5.91 Å². The molecule has 0 saturated heterocycles. The van der Waals surface area contributed by atoms with Gasteiger partial charge < -0.3 is 9.88 Å². The topological polar surface area (TPSA) is 77.6 Å². The number of anilines is 1. The van der Waals surface area contributed by atoms with Gasteiger partial charge in [0.05, 0.1) is 30.1 Å². The normalized spacial score (nSPS) is 10.6. The van der Waals surface area contributed by atoms with Crippen LogP contribution in [0.2, 0.25) is 0 Å². The summed E-state index contributed by atoms with van der Waals surface area (Å²) in [6, 6.07) is 15.0. The molecule has 7 nitrogen and oxygen atoms in total. The van der Waals surface area contributed by atoms with Crippen LogP contribution in [0, 0.1) is 0 Å². The molecular formula is C19H16N6O. The van der Waals surface area contributed by atoms with Gasteiger partial charge in [-0.3, -0.25) is 4.79 Å². The lowest BCUT2D eigenvalue weighted by molar-refractivity contribution is 0.102. The van der Waals surface area contributed by atoms with E-state index in [9.17, 15) is 4.79 Å². The van der Waals surface area contributed by atoms with Crippen LogP contribution in [-0.2, 0) is 6.54 Å². The van der Waals surface area contributed by atoms with Crippen molar-refractivity contribution in [3.63, 3.8) is 0 Å². The Morgan fingerprint density at radius 1 is 1.00 bits per heavy atom. The Kier molecular flexibility index (Phi) is 4.26. The Balaban J connectivity index is 1.50. The van der Waals surface area contributed by atoms with Gasteiger partial charge in [0.2, 0.25) is 0 Å². The number of carbonyl (C=O) groups excluding carboxylic acids is 1. The number of rotatable bonds is 5. The lowest BCUT2D eigenvalue weighted by atomic mass is 10.1. The van der Waals surface area contributed by atoms with Crippen LogP contribution in [-0.4, -0.2) is 30.5 Å². The summed E-state index contributed by atoms with van der Waals surface area (Å²) >= 11 is 0. The molecule has 0 unspecified atom stereocenters. The monoisotopic (exact) mass is 344 g/mol. The molecule has 2 aromatic carbocycles. The number of aromatic nitrogens is 5. The molecule has 0 radical (unpaired) electrons. The Bertz CT molecular complexity index is 991. The molecule has 0 aliphatic rings. The van der Waals surface area contributed by atoms with E-state index >= 15 is 0 Å². The highest BCUT2D eigenvalue weighted by atomic mass is 16.1. The van der Waals surface area contributed by atoms with Crippen LogP contribution in [0.5, 0.6) is 0 Å². The molecule has 0 saturated carbocycles. The van der Waals surface area contributed by atoms with Crippen LogP contribution >= 0.6 is 0 Å². The molecule has 4 aromatic rings. The van der Waals surface area contributed by atoms with Crippen LogP contribution in [0.15, 0.2) is 79.6 Å². The van der Waals surface area contributed by atoms with Crippen LogP contribution in [0.3, 0.4) is 0 Å². The van der Waals surface area contributed by atoms with Gasteiger partial charge in [0.15, 0.2) is 0 Å². The van der Waals surface area contributed by atoms with E-state index in [0.29, 0.717) is 11.3 Å². The SMILES string of the molecule is O=C(Nc1ccccc1-n1ccnn1)c1ccc(Cn2ccnc2)cc1. The van der Waals surface area contributed by atoms with Gasteiger partial charge in [-0.05, 0) is 29.8 Å². The molecule has 26 heavy (non-hydrogen) atoms. The first-order chi connectivity index (χ1) is 12.8. The molecule has 0 atom stereocenters. The molecular weight excluding hydrogens is 328 g/mol. The Labute approximate surface area is 149 Å². The number of imidazole rings is 1. The highest BCUT2D eigenvalue weighted by molar-refractivity contribution is 6.05. The van der Waals surface area contributed by atoms with Gasteiger partial charge in [0.1, 0.15) is 0 Å². The van der Waals surface area contributed by atoms with Crippen LogP contribution in [0.25, 0.3) is 5.69 Å². The first-order valence-electron chi connectivity index (χ1n) is 8.11. The van der Waals surface area contributed by atoms with Gasteiger partial charge in [-0.15, -0.1) is 5.10 Å². The summed E-state index contributed by atoms with van der Waals surface area (Å²) in [6.45, 7) is 0.719. The minimum absolute atomic E-state index is 0.174.